The zero-order valence-corrected chi connectivity index (χ0v) is 25.8. The van der Waals surface area contributed by atoms with Gasteiger partial charge in [-0.05, 0) is 41.2 Å². The van der Waals surface area contributed by atoms with Gasteiger partial charge in [0.25, 0.3) is 11.8 Å². The summed E-state index contributed by atoms with van der Waals surface area (Å²) in [5, 5.41) is 2.32. The van der Waals surface area contributed by atoms with Gasteiger partial charge in [-0.25, -0.2) is 8.78 Å². The van der Waals surface area contributed by atoms with Gasteiger partial charge < -0.3 is 4.90 Å². The molecule has 3 amide bonds. The molecule has 10 heteroatoms. The number of benzene rings is 3. The number of carbonyl (C=O) groups is 3. The van der Waals surface area contributed by atoms with Gasteiger partial charge in [0.2, 0.25) is 11.8 Å². The first-order valence-electron chi connectivity index (χ1n) is 16.2. The fourth-order valence-electron chi connectivity index (χ4n) is 7.76. The first kappa shape index (κ1) is 30.7. The molecule has 4 heterocycles. The van der Waals surface area contributed by atoms with E-state index in [-0.39, 0.29) is 37.4 Å². The monoisotopic (exact) mass is 627 g/mol. The zero-order valence-electron chi connectivity index (χ0n) is 25.8. The van der Waals surface area contributed by atoms with E-state index in [0.717, 1.165) is 11.1 Å². The molecule has 3 fully saturated rings. The molecule has 0 aromatic heterocycles. The first-order valence-corrected chi connectivity index (χ1v) is 16.2. The number of nitrogens with one attached hydrogen (secondary N) is 1. The van der Waals surface area contributed by atoms with E-state index >= 15 is 8.78 Å². The molecular formula is C36H39F2N5O3. The van der Waals surface area contributed by atoms with Crippen molar-refractivity contribution in [3.63, 3.8) is 0 Å². The fraction of sp³-hybridized carbons (Fsp3) is 0.417. The summed E-state index contributed by atoms with van der Waals surface area (Å²) in [5.41, 5.74) is 4.60. The van der Waals surface area contributed by atoms with Crippen molar-refractivity contribution in [3.05, 3.63) is 107 Å². The van der Waals surface area contributed by atoms with Crippen molar-refractivity contribution in [1.82, 2.24) is 24.9 Å². The van der Waals surface area contributed by atoms with Crippen molar-refractivity contribution in [1.29, 1.82) is 0 Å². The Kier molecular flexibility index (Phi) is 8.44. The van der Waals surface area contributed by atoms with Crippen LogP contribution in [0.3, 0.4) is 0 Å². The Labute approximate surface area is 267 Å². The van der Waals surface area contributed by atoms with E-state index in [9.17, 15) is 14.4 Å². The van der Waals surface area contributed by atoms with Gasteiger partial charge in [0.1, 0.15) is 6.04 Å². The maximum absolute atomic E-state index is 15.8. The molecule has 0 spiro atoms. The summed E-state index contributed by atoms with van der Waals surface area (Å²) in [6.07, 6.45) is 0.890. The van der Waals surface area contributed by atoms with E-state index in [1.54, 1.807) is 6.07 Å². The first-order chi connectivity index (χ1) is 22.3. The lowest BCUT2D eigenvalue weighted by Crippen LogP contribution is -2.61. The van der Waals surface area contributed by atoms with Crippen LogP contribution in [0.15, 0.2) is 78.9 Å². The van der Waals surface area contributed by atoms with Crippen LogP contribution in [0.25, 0.3) is 0 Å². The van der Waals surface area contributed by atoms with Crippen LogP contribution >= 0.6 is 0 Å². The Hall–Kier alpha value is -3.99. The summed E-state index contributed by atoms with van der Waals surface area (Å²) in [4.78, 5) is 44.7. The average Bonchev–Trinajstić information content (AvgIpc) is 3.37. The molecule has 3 aromatic carbocycles. The Morgan fingerprint density at radius 2 is 1.50 bits per heavy atom. The van der Waals surface area contributed by atoms with Crippen LogP contribution in [0.4, 0.5) is 8.78 Å². The summed E-state index contributed by atoms with van der Waals surface area (Å²) < 4.78 is 31.5. The number of piperazine rings is 1. The third-order valence-corrected chi connectivity index (χ3v) is 10.0. The van der Waals surface area contributed by atoms with E-state index in [1.807, 2.05) is 58.3 Å². The predicted molar refractivity (Wildman–Crippen MR) is 169 cm³/mol. The number of halogens is 2. The normalized spacial score (nSPS) is 24.3. The van der Waals surface area contributed by atoms with Gasteiger partial charge in [0, 0.05) is 57.8 Å². The number of alkyl halides is 2. The maximum atomic E-state index is 15.8. The summed E-state index contributed by atoms with van der Waals surface area (Å²) in [7, 11) is 0. The van der Waals surface area contributed by atoms with Gasteiger partial charge in [-0.3, -0.25) is 34.4 Å². The molecule has 3 aromatic rings. The summed E-state index contributed by atoms with van der Waals surface area (Å²) in [6, 6.07) is 24.9. The number of carbonyl (C=O) groups excluding carboxylic acids is 3. The third-order valence-electron chi connectivity index (χ3n) is 10.0. The van der Waals surface area contributed by atoms with Crippen LogP contribution in [0, 0.1) is 0 Å². The van der Waals surface area contributed by atoms with Crippen LogP contribution < -0.4 is 5.32 Å². The maximum Gasteiger partial charge on any atom is 0.275 e. The molecule has 4 aliphatic heterocycles. The lowest BCUT2D eigenvalue weighted by atomic mass is 9.95. The number of likely N-dealkylation sites (tertiary alicyclic amines) is 1. The number of nitrogens with zero attached hydrogens (tertiary/aromatic N) is 4. The highest BCUT2D eigenvalue weighted by Gasteiger charge is 2.48. The Morgan fingerprint density at radius 1 is 0.826 bits per heavy atom. The van der Waals surface area contributed by atoms with Gasteiger partial charge in [-0.1, -0.05) is 72.8 Å². The molecular weight excluding hydrogens is 588 g/mol. The molecule has 0 radical (unpaired) electrons. The molecule has 2 unspecified atom stereocenters. The molecule has 0 saturated carbocycles. The summed E-state index contributed by atoms with van der Waals surface area (Å²) in [5.74, 6) is -3.86. The number of imide groups is 1. The Balaban J connectivity index is 0.966. The third kappa shape index (κ3) is 6.09. The van der Waals surface area contributed by atoms with Gasteiger partial charge >= 0.3 is 0 Å². The minimum atomic E-state index is -2.85. The number of rotatable bonds is 7. The van der Waals surface area contributed by atoms with Crippen molar-refractivity contribution in [2.45, 2.75) is 56.4 Å². The molecule has 240 valence electrons. The lowest BCUT2D eigenvalue weighted by molar-refractivity contribution is -0.137. The van der Waals surface area contributed by atoms with Gasteiger partial charge in [-0.15, -0.1) is 0 Å². The van der Waals surface area contributed by atoms with Crippen LogP contribution in [-0.2, 0) is 22.7 Å². The van der Waals surface area contributed by atoms with E-state index in [2.05, 4.69) is 34.5 Å². The second-order valence-electron chi connectivity index (χ2n) is 13.0. The lowest BCUT2D eigenvalue weighted by Gasteiger charge is -2.47. The summed E-state index contributed by atoms with van der Waals surface area (Å²) in [6.45, 7) is 3.52. The fourth-order valence-corrected chi connectivity index (χ4v) is 7.76. The highest BCUT2D eigenvalue weighted by molar-refractivity contribution is 6.05. The predicted octanol–water partition coefficient (Wildman–Crippen LogP) is 4.06. The Morgan fingerprint density at radius 3 is 2.13 bits per heavy atom. The van der Waals surface area contributed by atoms with Gasteiger partial charge in [-0.2, -0.15) is 0 Å². The highest BCUT2D eigenvalue weighted by Crippen LogP contribution is 2.35. The number of amides is 3. The van der Waals surface area contributed by atoms with E-state index in [1.165, 1.54) is 16.0 Å². The number of hydrogen-bond donors (Lipinski definition) is 1. The second-order valence-corrected chi connectivity index (χ2v) is 13.0. The van der Waals surface area contributed by atoms with Crippen molar-refractivity contribution >= 4 is 17.7 Å². The molecule has 2 atom stereocenters. The van der Waals surface area contributed by atoms with E-state index < -0.39 is 23.9 Å². The van der Waals surface area contributed by atoms with Crippen molar-refractivity contribution in [2.24, 2.45) is 0 Å². The molecule has 0 bridgehead atoms. The number of fused-ring (bicyclic) bond motifs is 1. The van der Waals surface area contributed by atoms with Crippen LogP contribution in [-0.4, -0.2) is 94.6 Å². The minimum Gasteiger partial charge on any atom is -0.322 e. The van der Waals surface area contributed by atoms with Crippen LogP contribution in [0.5, 0.6) is 0 Å². The standard InChI is InChI=1S/C36H39F2N5O3/c37-36(38)24-40(22-25-11-12-29-28(21-25)23-43(35(29)46)30-13-14-32(44)39-34(30)45)16-15-31(36)41-17-19-42(20-18-41)33(26-7-3-1-4-8-26)27-9-5-2-6-10-27/h1-12,21,30-31,33H,13-20,22-24H2,(H,39,44,45). The van der Waals surface area contributed by atoms with Crippen LogP contribution in [0.2, 0.25) is 0 Å². The molecule has 8 nitrogen and oxygen atoms in total. The summed E-state index contributed by atoms with van der Waals surface area (Å²) >= 11 is 0. The van der Waals surface area contributed by atoms with Crippen molar-refractivity contribution in [3.8, 4) is 0 Å². The van der Waals surface area contributed by atoms with Crippen molar-refractivity contribution in [2.75, 3.05) is 39.3 Å². The van der Waals surface area contributed by atoms with Gasteiger partial charge in [0.15, 0.2) is 0 Å². The number of hydrogen-bond acceptors (Lipinski definition) is 6. The largest absolute Gasteiger partial charge is 0.322 e. The van der Waals surface area contributed by atoms with Gasteiger partial charge in [0.05, 0.1) is 18.6 Å². The van der Waals surface area contributed by atoms with Crippen molar-refractivity contribution < 1.29 is 23.2 Å². The van der Waals surface area contributed by atoms with E-state index in [4.69, 9.17) is 0 Å². The van der Waals surface area contributed by atoms with E-state index in [0.29, 0.717) is 57.7 Å². The molecule has 1 N–H and O–H groups in total. The smallest absolute Gasteiger partial charge is 0.275 e. The molecule has 4 aliphatic rings. The quantitative estimate of drug-likeness (QED) is 0.399. The zero-order chi connectivity index (χ0) is 31.8. The number of piperidine rings is 2. The van der Waals surface area contributed by atoms with Crippen LogP contribution in [0.1, 0.15) is 57.9 Å². The molecule has 0 aliphatic carbocycles. The second kappa shape index (κ2) is 12.7. The topological polar surface area (TPSA) is 76.2 Å². The average molecular weight is 628 g/mol. The molecule has 46 heavy (non-hydrogen) atoms. The highest BCUT2D eigenvalue weighted by atomic mass is 19.3. The SMILES string of the molecule is O=C1CCC(N2Cc3cc(CN4CCC(N5CCN(C(c6ccccc6)c6ccccc6)CC5)C(F)(F)C4)ccc3C2=O)C(=O)N1. The Bertz CT molecular complexity index is 1560. The molecule has 3 saturated heterocycles. The molecule has 7 rings (SSSR count). The minimum absolute atomic E-state index is 0.0885.